The van der Waals surface area contributed by atoms with Gasteiger partial charge in [0, 0.05) is 23.2 Å². The van der Waals surface area contributed by atoms with Crippen molar-refractivity contribution in [1.82, 2.24) is 14.9 Å². The molecule has 3 heterocycles. The maximum atomic E-state index is 4.46. The van der Waals surface area contributed by atoms with E-state index in [4.69, 9.17) is 0 Å². The first-order valence-corrected chi connectivity index (χ1v) is 18.6. The minimum atomic E-state index is -0.0361. The summed E-state index contributed by atoms with van der Waals surface area (Å²) in [6.07, 6.45) is 17.2. The van der Waals surface area contributed by atoms with Gasteiger partial charge in [0.2, 0.25) is 0 Å². The molecule has 256 valence electrons. The van der Waals surface area contributed by atoms with Crippen molar-refractivity contribution in [1.29, 1.82) is 0 Å². The smallest absolute Gasteiger partial charge is 0.111 e. The number of aromatic nitrogens is 2. The van der Waals surface area contributed by atoms with Crippen molar-refractivity contribution in [3.05, 3.63) is 205 Å². The maximum absolute atomic E-state index is 4.46. The molecule has 0 amide bonds. The van der Waals surface area contributed by atoms with Gasteiger partial charge in [-0.1, -0.05) is 152 Å². The van der Waals surface area contributed by atoms with Crippen molar-refractivity contribution < 1.29 is 0 Å². The molecule has 3 nitrogen and oxygen atoms in total. The van der Waals surface area contributed by atoms with Crippen LogP contribution in [0, 0.1) is 0 Å². The lowest BCUT2D eigenvalue weighted by molar-refractivity contribution is 0.737. The van der Waals surface area contributed by atoms with Crippen LogP contribution in [0.3, 0.4) is 0 Å². The van der Waals surface area contributed by atoms with E-state index in [1.54, 1.807) is 0 Å². The Kier molecular flexibility index (Phi) is 7.77. The summed E-state index contributed by atoms with van der Waals surface area (Å²) in [5.74, 6) is 1.04. The number of benzene rings is 7. The van der Waals surface area contributed by atoms with Crippen LogP contribution in [0.15, 0.2) is 188 Å². The Morgan fingerprint density at radius 3 is 2.26 bits per heavy atom. The summed E-state index contributed by atoms with van der Waals surface area (Å²) >= 11 is 0. The lowest BCUT2D eigenvalue weighted by Crippen LogP contribution is -2.23. The summed E-state index contributed by atoms with van der Waals surface area (Å²) in [5, 5.41) is 13.7. The fourth-order valence-corrected chi connectivity index (χ4v) is 8.35. The number of allylic oxidation sites excluding steroid dienone is 5. The van der Waals surface area contributed by atoms with Crippen molar-refractivity contribution in [2.24, 2.45) is 0 Å². The molecule has 10 rings (SSSR count). The maximum Gasteiger partial charge on any atom is 0.111 e. The van der Waals surface area contributed by atoms with Gasteiger partial charge < -0.3 is 5.32 Å². The van der Waals surface area contributed by atoms with Crippen LogP contribution in [0.1, 0.15) is 29.7 Å². The van der Waals surface area contributed by atoms with E-state index < -0.39 is 0 Å². The summed E-state index contributed by atoms with van der Waals surface area (Å²) in [6.45, 7) is 2.15. The Balaban J connectivity index is 1.17. The lowest BCUT2D eigenvalue weighted by atomic mass is 9.84. The van der Waals surface area contributed by atoms with Crippen LogP contribution >= 0.6 is 0 Å². The summed E-state index contributed by atoms with van der Waals surface area (Å²) in [7, 11) is 0. The van der Waals surface area contributed by atoms with E-state index in [1.807, 2.05) is 12.4 Å². The number of dihydropyridines is 1. The standard InChI is InChI=1S/C51H37N3/c1-2-35(24-23-34-13-4-3-5-14-34)50-41-18-8-9-19-42(41)51(39-26-25-36-15-6-7-16-37(36)31-39)44-32-38(27-28-43(44)50)46-20-12-22-49(53-46)54-47-21-11-10-17-40(47)45-33-52-30-29-48(45)54/h2-33,46,53H,1H3/b24-23-,35-2+. The predicted octanol–water partition coefficient (Wildman–Crippen LogP) is 13.1. The number of nitrogens with zero attached hydrogens (tertiary/aromatic N) is 2. The molecule has 7 aromatic carbocycles. The first-order chi connectivity index (χ1) is 26.7. The third-order valence-electron chi connectivity index (χ3n) is 10.9. The Labute approximate surface area is 314 Å². The van der Waals surface area contributed by atoms with E-state index >= 15 is 0 Å². The van der Waals surface area contributed by atoms with Crippen LogP contribution in [0.4, 0.5) is 0 Å². The third-order valence-corrected chi connectivity index (χ3v) is 10.9. The second-order valence-corrected chi connectivity index (χ2v) is 14.0. The summed E-state index contributed by atoms with van der Waals surface area (Å²) in [4.78, 5) is 4.46. The third kappa shape index (κ3) is 5.33. The number of fused-ring (bicyclic) bond motifs is 6. The molecule has 0 saturated heterocycles. The second kappa shape index (κ2) is 13.2. The SMILES string of the molecule is C/C=C(\C=C/c1ccccc1)c1c2ccccc2c(-c2ccc3ccccc3c2)c2cc(C3C=CC=C(n4c5ccccc5c5cnccc54)N3)ccc12. The number of rotatable bonds is 6. The van der Waals surface area contributed by atoms with Crippen molar-refractivity contribution >= 4 is 71.6 Å². The molecule has 1 aliphatic rings. The average Bonchev–Trinajstić information content (AvgIpc) is 3.58. The normalized spacial score (nSPS) is 14.8. The molecule has 0 spiro atoms. The second-order valence-electron chi connectivity index (χ2n) is 14.0. The minimum Gasteiger partial charge on any atom is -0.361 e. The van der Waals surface area contributed by atoms with Gasteiger partial charge in [-0.25, -0.2) is 0 Å². The van der Waals surface area contributed by atoms with E-state index in [0.717, 1.165) is 22.2 Å². The van der Waals surface area contributed by atoms with Crippen molar-refractivity contribution in [3.63, 3.8) is 0 Å². The summed E-state index contributed by atoms with van der Waals surface area (Å²) < 4.78 is 2.33. The van der Waals surface area contributed by atoms with Crippen molar-refractivity contribution in [3.8, 4) is 11.1 Å². The van der Waals surface area contributed by atoms with E-state index in [9.17, 15) is 0 Å². The molecule has 3 heteroatoms. The van der Waals surface area contributed by atoms with Gasteiger partial charge in [0.05, 0.1) is 17.1 Å². The lowest BCUT2D eigenvalue weighted by Gasteiger charge is -2.25. The molecule has 1 N–H and O–H groups in total. The van der Waals surface area contributed by atoms with E-state index in [-0.39, 0.29) is 6.04 Å². The molecule has 1 atom stereocenters. The highest BCUT2D eigenvalue weighted by molar-refractivity contribution is 6.20. The minimum absolute atomic E-state index is 0.0361. The highest BCUT2D eigenvalue weighted by Gasteiger charge is 2.22. The zero-order chi connectivity index (χ0) is 36.0. The number of hydrogen-bond acceptors (Lipinski definition) is 2. The van der Waals surface area contributed by atoms with E-state index in [2.05, 4.69) is 204 Å². The van der Waals surface area contributed by atoms with Crippen molar-refractivity contribution in [2.45, 2.75) is 13.0 Å². The molecule has 0 aliphatic carbocycles. The monoisotopic (exact) mass is 691 g/mol. The highest BCUT2D eigenvalue weighted by Crippen LogP contribution is 2.44. The van der Waals surface area contributed by atoms with Gasteiger partial charge in [0.15, 0.2) is 0 Å². The largest absolute Gasteiger partial charge is 0.361 e. The zero-order valence-electron chi connectivity index (χ0n) is 29.9. The average molecular weight is 692 g/mol. The highest BCUT2D eigenvalue weighted by atomic mass is 15.2. The molecule has 0 radical (unpaired) electrons. The zero-order valence-corrected chi connectivity index (χ0v) is 29.9. The number of hydrogen-bond donors (Lipinski definition) is 1. The van der Waals surface area contributed by atoms with Gasteiger partial charge in [0.25, 0.3) is 0 Å². The van der Waals surface area contributed by atoms with Crippen LogP contribution < -0.4 is 5.32 Å². The van der Waals surface area contributed by atoms with Crippen LogP contribution in [0.5, 0.6) is 0 Å². The number of nitrogens with one attached hydrogen (secondary N) is 1. The Bertz CT molecular complexity index is 2980. The van der Waals surface area contributed by atoms with E-state index in [1.165, 1.54) is 71.1 Å². The molecule has 0 saturated carbocycles. The van der Waals surface area contributed by atoms with Crippen LogP contribution in [0.25, 0.3) is 82.7 Å². The molecule has 1 aliphatic heterocycles. The molecular weight excluding hydrogens is 655 g/mol. The molecular formula is C51H37N3. The fourth-order valence-electron chi connectivity index (χ4n) is 8.35. The summed E-state index contributed by atoms with van der Waals surface area (Å²) in [5.41, 5.74) is 9.59. The van der Waals surface area contributed by atoms with Crippen molar-refractivity contribution in [2.75, 3.05) is 0 Å². The Morgan fingerprint density at radius 1 is 0.648 bits per heavy atom. The first kappa shape index (κ1) is 31.7. The van der Waals surface area contributed by atoms with Gasteiger partial charge in [-0.15, -0.1) is 0 Å². The van der Waals surface area contributed by atoms with E-state index in [0.29, 0.717) is 0 Å². The molecule has 0 bridgehead atoms. The summed E-state index contributed by atoms with van der Waals surface area (Å²) in [6, 6.07) is 52.7. The quantitative estimate of drug-likeness (QED) is 0.139. The van der Waals surface area contributed by atoms with Gasteiger partial charge in [-0.3, -0.25) is 9.55 Å². The molecule has 2 aromatic heterocycles. The number of pyridine rings is 1. The predicted molar refractivity (Wildman–Crippen MR) is 230 cm³/mol. The van der Waals surface area contributed by atoms with Gasteiger partial charge in [-0.05, 0) is 103 Å². The molecule has 9 aromatic rings. The van der Waals surface area contributed by atoms with Crippen LogP contribution in [-0.4, -0.2) is 9.55 Å². The molecule has 1 unspecified atom stereocenters. The van der Waals surface area contributed by atoms with Crippen LogP contribution in [0.2, 0.25) is 0 Å². The van der Waals surface area contributed by atoms with Gasteiger partial charge in [-0.2, -0.15) is 0 Å². The molecule has 54 heavy (non-hydrogen) atoms. The fraction of sp³-hybridized carbons (Fsp3) is 0.0392. The Hall–Kier alpha value is -6.97. The number of para-hydroxylation sites is 1. The van der Waals surface area contributed by atoms with Gasteiger partial charge >= 0.3 is 0 Å². The van der Waals surface area contributed by atoms with Crippen LogP contribution in [-0.2, 0) is 0 Å². The van der Waals surface area contributed by atoms with Gasteiger partial charge in [0.1, 0.15) is 5.82 Å². The molecule has 0 fully saturated rings. The topological polar surface area (TPSA) is 29.9 Å². The first-order valence-electron chi connectivity index (χ1n) is 18.6. The Morgan fingerprint density at radius 2 is 1.39 bits per heavy atom.